The Balaban J connectivity index is 1.55. The molecule has 1 aromatic heterocycles. The average Bonchev–Trinajstić information content (AvgIpc) is 3.20. The number of benzene rings is 1. The van der Waals surface area contributed by atoms with Gasteiger partial charge < -0.3 is 19.0 Å². The highest BCUT2D eigenvalue weighted by molar-refractivity contribution is 6.32. The number of para-hydroxylation sites is 1. The van der Waals surface area contributed by atoms with Crippen molar-refractivity contribution in [2.75, 3.05) is 13.2 Å². The molecule has 1 aliphatic carbocycles. The molecule has 3 rings (SSSR count). The van der Waals surface area contributed by atoms with E-state index < -0.39 is 5.97 Å². The molecule has 0 radical (unpaired) electrons. The molecule has 2 unspecified atom stereocenters. The molecule has 5 nitrogen and oxygen atoms in total. The van der Waals surface area contributed by atoms with Gasteiger partial charge in [-0.05, 0) is 30.7 Å². The fourth-order valence-corrected chi connectivity index (χ4v) is 4.36. The summed E-state index contributed by atoms with van der Waals surface area (Å²) >= 11 is 19.1. The van der Waals surface area contributed by atoms with Crippen LogP contribution in [0.2, 0.25) is 5.02 Å². The monoisotopic (exact) mass is 432 g/mol. The summed E-state index contributed by atoms with van der Waals surface area (Å²) in [4.78, 5) is 10.8. The van der Waals surface area contributed by atoms with Gasteiger partial charge in [-0.25, -0.2) is 4.79 Å². The number of furan rings is 1. The predicted octanol–water partition coefficient (Wildman–Crippen LogP) is 5.08. The van der Waals surface area contributed by atoms with Crippen molar-refractivity contribution in [3.05, 3.63) is 52.9 Å². The number of carboxylic acid groups (broad SMARTS) is 1. The highest BCUT2D eigenvalue weighted by Gasteiger charge is 2.42. The Labute approximate surface area is 172 Å². The average molecular weight is 434 g/mol. The van der Waals surface area contributed by atoms with E-state index in [2.05, 4.69) is 0 Å². The van der Waals surface area contributed by atoms with E-state index in [4.69, 9.17) is 53.8 Å². The van der Waals surface area contributed by atoms with Crippen LogP contribution in [0.1, 0.15) is 22.7 Å². The maximum absolute atomic E-state index is 10.8. The van der Waals surface area contributed by atoms with Gasteiger partial charge in [-0.2, -0.15) is 0 Å². The third-order valence-corrected chi connectivity index (χ3v) is 5.94. The molecule has 1 N–H and O–H groups in total. The van der Waals surface area contributed by atoms with Crippen molar-refractivity contribution in [2.45, 2.75) is 23.8 Å². The Morgan fingerprint density at radius 1 is 1.11 bits per heavy atom. The van der Waals surface area contributed by atoms with Crippen molar-refractivity contribution < 1.29 is 23.8 Å². The lowest BCUT2D eigenvalue weighted by Gasteiger charge is -2.23. The molecule has 0 spiro atoms. The summed E-state index contributed by atoms with van der Waals surface area (Å²) in [5, 5.41) is 9.18. The lowest BCUT2D eigenvalue weighted by Crippen LogP contribution is -2.28. The Hall–Kier alpha value is -1.40. The quantitative estimate of drug-likeness (QED) is 0.588. The highest BCUT2D eigenvalue weighted by Crippen LogP contribution is 2.40. The van der Waals surface area contributed by atoms with Crippen molar-refractivity contribution >= 4 is 40.8 Å². The Kier molecular flexibility index (Phi) is 6.93. The largest absolute Gasteiger partial charge is 0.492 e. The van der Waals surface area contributed by atoms with Crippen LogP contribution in [-0.4, -0.2) is 35.0 Å². The van der Waals surface area contributed by atoms with Crippen LogP contribution in [0, 0.1) is 11.8 Å². The third-order valence-electron chi connectivity index (χ3n) is 4.62. The van der Waals surface area contributed by atoms with Crippen molar-refractivity contribution in [1.29, 1.82) is 0 Å². The van der Waals surface area contributed by atoms with Gasteiger partial charge in [0.15, 0.2) is 0 Å². The number of ether oxygens (including phenoxy) is 2. The zero-order chi connectivity index (χ0) is 19.4. The van der Waals surface area contributed by atoms with E-state index in [1.165, 1.54) is 6.07 Å². The topological polar surface area (TPSA) is 68.9 Å². The fourth-order valence-electron chi connectivity index (χ4n) is 3.17. The molecule has 4 atom stereocenters. The lowest BCUT2D eigenvalue weighted by atomic mass is 9.97. The van der Waals surface area contributed by atoms with Gasteiger partial charge in [-0.15, -0.1) is 23.2 Å². The van der Waals surface area contributed by atoms with Gasteiger partial charge >= 0.3 is 5.97 Å². The van der Waals surface area contributed by atoms with Gasteiger partial charge in [0.05, 0.1) is 18.2 Å². The minimum absolute atomic E-state index is 0.00515. The molecule has 0 saturated heterocycles. The second-order valence-corrected chi connectivity index (χ2v) is 7.95. The van der Waals surface area contributed by atoms with E-state index in [-0.39, 0.29) is 35.0 Å². The first-order valence-electron chi connectivity index (χ1n) is 8.51. The molecule has 146 valence electrons. The second-order valence-electron chi connectivity index (χ2n) is 6.42. The molecule has 1 aromatic carbocycles. The number of carboxylic acids is 1. The van der Waals surface area contributed by atoms with Crippen LogP contribution in [0.3, 0.4) is 0 Å². The van der Waals surface area contributed by atoms with Gasteiger partial charge in [-0.3, -0.25) is 0 Å². The minimum atomic E-state index is -1.11. The number of aromatic carboxylic acids is 1. The maximum Gasteiger partial charge on any atom is 0.371 e. The SMILES string of the molecule is O=C(O)c1ccc(COC[C@H]2C(Cl)CC(Cl)[C@@H]2COc2ccccc2Cl)o1. The van der Waals surface area contributed by atoms with Crippen LogP contribution in [0.4, 0.5) is 0 Å². The van der Waals surface area contributed by atoms with Crippen LogP contribution in [0.25, 0.3) is 0 Å². The van der Waals surface area contributed by atoms with E-state index in [1.54, 1.807) is 18.2 Å². The minimum Gasteiger partial charge on any atom is -0.492 e. The molecule has 0 bridgehead atoms. The first-order valence-corrected chi connectivity index (χ1v) is 9.76. The van der Waals surface area contributed by atoms with Crippen molar-refractivity contribution in [3.63, 3.8) is 0 Å². The first-order chi connectivity index (χ1) is 13.0. The summed E-state index contributed by atoms with van der Waals surface area (Å²) in [6, 6.07) is 10.2. The number of hydrogen-bond acceptors (Lipinski definition) is 4. The number of hydrogen-bond donors (Lipinski definition) is 1. The standard InChI is InChI=1S/C19H19Cl3O5/c20-14-3-1-2-4-17(14)26-10-13-12(15(21)7-16(13)22)9-25-8-11-5-6-18(27-11)19(23)24/h1-6,12-13,15-16H,7-10H2,(H,23,24)/t12-,13-,15?,16?/m1/s1. The molecule has 8 heteroatoms. The molecule has 2 aromatic rings. The van der Waals surface area contributed by atoms with Gasteiger partial charge in [0.1, 0.15) is 18.1 Å². The zero-order valence-electron chi connectivity index (χ0n) is 14.3. The molecule has 1 fully saturated rings. The molecule has 0 amide bonds. The van der Waals surface area contributed by atoms with E-state index in [9.17, 15) is 4.79 Å². The number of rotatable bonds is 8. The van der Waals surface area contributed by atoms with Crippen LogP contribution >= 0.6 is 34.8 Å². The molecule has 1 aliphatic rings. The van der Waals surface area contributed by atoms with E-state index >= 15 is 0 Å². The molecular formula is C19H19Cl3O5. The second kappa shape index (κ2) is 9.20. The maximum atomic E-state index is 10.8. The molecule has 1 heterocycles. The lowest BCUT2D eigenvalue weighted by molar-refractivity contribution is 0.0531. The molecule has 1 saturated carbocycles. The van der Waals surface area contributed by atoms with Crippen molar-refractivity contribution in [3.8, 4) is 5.75 Å². The van der Waals surface area contributed by atoms with Crippen LogP contribution < -0.4 is 4.74 Å². The zero-order valence-corrected chi connectivity index (χ0v) is 16.6. The summed E-state index contributed by atoms with van der Waals surface area (Å²) in [6.45, 7) is 0.925. The smallest absolute Gasteiger partial charge is 0.371 e. The van der Waals surface area contributed by atoms with Crippen LogP contribution in [-0.2, 0) is 11.3 Å². The van der Waals surface area contributed by atoms with Crippen LogP contribution in [0.5, 0.6) is 5.75 Å². The van der Waals surface area contributed by atoms with E-state index in [1.807, 2.05) is 12.1 Å². The number of carbonyl (C=O) groups is 1. The highest BCUT2D eigenvalue weighted by atomic mass is 35.5. The van der Waals surface area contributed by atoms with Crippen molar-refractivity contribution in [1.82, 2.24) is 0 Å². The summed E-state index contributed by atoms with van der Waals surface area (Å²) < 4.78 is 16.7. The predicted molar refractivity (Wildman–Crippen MR) is 103 cm³/mol. The van der Waals surface area contributed by atoms with Crippen LogP contribution in [0.15, 0.2) is 40.8 Å². The molecular weight excluding hydrogens is 415 g/mol. The molecule has 27 heavy (non-hydrogen) atoms. The fraction of sp³-hybridized carbons (Fsp3) is 0.421. The summed E-state index contributed by atoms with van der Waals surface area (Å²) in [6.07, 6.45) is 0.664. The Morgan fingerprint density at radius 3 is 2.48 bits per heavy atom. The first kappa shape index (κ1) is 20.3. The van der Waals surface area contributed by atoms with Gasteiger partial charge in [-0.1, -0.05) is 23.7 Å². The van der Waals surface area contributed by atoms with Gasteiger partial charge in [0, 0.05) is 22.6 Å². The van der Waals surface area contributed by atoms with E-state index in [0.29, 0.717) is 36.2 Å². The number of alkyl halides is 2. The van der Waals surface area contributed by atoms with E-state index in [0.717, 1.165) is 0 Å². The van der Waals surface area contributed by atoms with Gasteiger partial charge in [0.25, 0.3) is 0 Å². The number of halogens is 3. The Bertz CT molecular complexity index is 778. The van der Waals surface area contributed by atoms with Crippen molar-refractivity contribution in [2.24, 2.45) is 11.8 Å². The van der Waals surface area contributed by atoms with Gasteiger partial charge in [0.2, 0.25) is 5.76 Å². The normalized spacial score (nSPS) is 24.9. The summed E-state index contributed by atoms with van der Waals surface area (Å²) in [7, 11) is 0. The summed E-state index contributed by atoms with van der Waals surface area (Å²) in [5.74, 6) is -0.154. The molecule has 0 aliphatic heterocycles. The summed E-state index contributed by atoms with van der Waals surface area (Å²) in [5.41, 5.74) is 0. The third kappa shape index (κ3) is 5.11. The Morgan fingerprint density at radius 2 is 1.81 bits per heavy atom.